The molecule has 0 fully saturated rings. The molecule has 0 aliphatic carbocycles. The van der Waals surface area contributed by atoms with Gasteiger partial charge in [-0.25, -0.2) is 9.78 Å². The third-order valence-electron chi connectivity index (χ3n) is 2.46. The highest BCUT2D eigenvalue weighted by atomic mass is 32.1. The topological polar surface area (TPSA) is 74.0 Å². The van der Waals surface area contributed by atoms with E-state index in [0.29, 0.717) is 16.1 Å². The number of carboxylic acid groups (broad SMARTS) is 1. The number of hydrogen-bond acceptors (Lipinski definition) is 4. The van der Waals surface area contributed by atoms with Crippen LogP contribution in [-0.2, 0) is 0 Å². The van der Waals surface area contributed by atoms with Crippen LogP contribution in [-0.4, -0.2) is 16.1 Å². The van der Waals surface area contributed by atoms with E-state index in [9.17, 15) is 10.1 Å². The second kappa shape index (κ2) is 5.46. The second-order valence-corrected chi connectivity index (χ2v) is 4.71. The molecule has 2 aromatic rings. The number of nitrogens with zero attached hydrogens (tertiary/aromatic N) is 2. The molecule has 0 bridgehead atoms. The van der Waals surface area contributed by atoms with E-state index in [0.717, 1.165) is 5.69 Å². The fourth-order valence-electron chi connectivity index (χ4n) is 1.59. The van der Waals surface area contributed by atoms with Gasteiger partial charge in [0.05, 0.1) is 11.1 Å². The van der Waals surface area contributed by atoms with Crippen LogP contribution in [0.15, 0.2) is 29.6 Å². The Morgan fingerprint density at radius 2 is 2.21 bits per heavy atom. The lowest BCUT2D eigenvalue weighted by Gasteiger charge is -2.01. The summed E-state index contributed by atoms with van der Waals surface area (Å²) in [5.74, 6) is -1.01. The summed E-state index contributed by atoms with van der Waals surface area (Å²) in [6, 6.07) is 8.63. The lowest BCUT2D eigenvalue weighted by molar-refractivity contribution is 0.0696. The molecule has 1 aromatic carbocycles. The molecule has 1 heterocycles. The maximum atomic E-state index is 11.1. The standard InChI is InChI=1S/C14H10N2O2S/c1-9-8-19-13(16-9)11(7-15)6-10-4-2-3-5-12(10)14(17)18/h2-6,8H,1H3,(H,17,18). The van der Waals surface area contributed by atoms with Crippen molar-refractivity contribution in [3.05, 3.63) is 51.5 Å². The normalized spacial score (nSPS) is 11.1. The molecule has 19 heavy (non-hydrogen) atoms. The molecule has 1 aromatic heterocycles. The molecule has 4 nitrogen and oxygen atoms in total. The highest BCUT2D eigenvalue weighted by Crippen LogP contribution is 2.22. The highest BCUT2D eigenvalue weighted by molar-refractivity contribution is 7.11. The zero-order valence-corrected chi connectivity index (χ0v) is 10.9. The van der Waals surface area contributed by atoms with E-state index < -0.39 is 5.97 Å². The first-order valence-corrected chi connectivity index (χ1v) is 6.36. The summed E-state index contributed by atoms with van der Waals surface area (Å²) in [6.07, 6.45) is 1.56. The number of thiazole rings is 1. The molecule has 1 N–H and O–H groups in total. The molecular weight excluding hydrogens is 260 g/mol. The largest absolute Gasteiger partial charge is 0.478 e. The van der Waals surface area contributed by atoms with E-state index in [2.05, 4.69) is 11.1 Å². The van der Waals surface area contributed by atoms with Crippen molar-refractivity contribution >= 4 is 29.0 Å². The van der Waals surface area contributed by atoms with Crippen LogP contribution in [0.3, 0.4) is 0 Å². The molecule has 5 heteroatoms. The Morgan fingerprint density at radius 3 is 2.79 bits per heavy atom. The molecule has 0 unspecified atom stereocenters. The van der Waals surface area contributed by atoms with Gasteiger partial charge in [-0.2, -0.15) is 5.26 Å². The number of carbonyl (C=O) groups is 1. The summed E-state index contributed by atoms with van der Waals surface area (Å²) in [6.45, 7) is 1.85. The molecule has 0 atom stereocenters. The quantitative estimate of drug-likeness (QED) is 0.869. The monoisotopic (exact) mass is 270 g/mol. The van der Waals surface area contributed by atoms with E-state index in [1.54, 1.807) is 24.3 Å². The Hall–Kier alpha value is -2.45. The Labute approximate surface area is 114 Å². The maximum absolute atomic E-state index is 11.1. The van der Waals surface area contributed by atoms with Gasteiger partial charge in [0.25, 0.3) is 0 Å². The third kappa shape index (κ3) is 2.87. The van der Waals surface area contributed by atoms with Crippen LogP contribution in [0.25, 0.3) is 11.6 Å². The van der Waals surface area contributed by atoms with Crippen LogP contribution < -0.4 is 0 Å². The Bertz CT molecular complexity index is 695. The van der Waals surface area contributed by atoms with Crippen LogP contribution >= 0.6 is 11.3 Å². The summed E-state index contributed by atoms with van der Waals surface area (Å²) in [5.41, 5.74) is 1.88. The summed E-state index contributed by atoms with van der Waals surface area (Å²) in [5, 5.41) is 20.7. The number of allylic oxidation sites excluding steroid dienone is 1. The molecule has 0 spiro atoms. The SMILES string of the molecule is Cc1csc(C(C#N)=Cc2ccccc2C(=O)O)n1. The third-order valence-corrected chi connectivity index (χ3v) is 3.45. The zero-order valence-electron chi connectivity index (χ0n) is 10.1. The van der Waals surface area contributed by atoms with Gasteiger partial charge >= 0.3 is 5.97 Å². The van der Waals surface area contributed by atoms with Crippen LogP contribution in [0.5, 0.6) is 0 Å². The van der Waals surface area contributed by atoms with Gasteiger partial charge in [0.15, 0.2) is 0 Å². The number of rotatable bonds is 3. The first-order valence-electron chi connectivity index (χ1n) is 5.48. The summed E-state index contributed by atoms with van der Waals surface area (Å²) in [7, 11) is 0. The van der Waals surface area contributed by atoms with Crippen molar-refractivity contribution in [3.8, 4) is 6.07 Å². The summed E-state index contributed by atoms with van der Waals surface area (Å²) in [4.78, 5) is 15.3. The molecule has 2 rings (SSSR count). The van der Waals surface area contributed by atoms with E-state index in [1.807, 2.05) is 12.3 Å². The minimum absolute atomic E-state index is 0.170. The molecular formula is C14H10N2O2S. The van der Waals surface area contributed by atoms with Crippen molar-refractivity contribution in [2.45, 2.75) is 6.92 Å². The van der Waals surface area contributed by atoms with Crippen LogP contribution in [0.1, 0.15) is 26.6 Å². The van der Waals surface area contributed by atoms with Gasteiger partial charge in [-0.1, -0.05) is 18.2 Å². The first-order chi connectivity index (χ1) is 9.11. The molecule has 94 valence electrons. The molecule has 0 saturated carbocycles. The van der Waals surface area contributed by atoms with Gasteiger partial charge in [-0.15, -0.1) is 11.3 Å². The predicted molar refractivity (Wildman–Crippen MR) is 73.7 cm³/mol. The van der Waals surface area contributed by atoms with Gasteiger partial charge in [0.2, 0.25) is 0 Å². The Kier molecular flexibility index (Phi) is 3.74. The van der Waals surface area contributed by atoms with Crippen molar-refractivity contribution < 1.29 is 9.90 Å². The van der Waals surface area contributed by atoms with E-state index in [-0.39, 0.29) is 5.56 Å². The number of aryl methyl sites for hydroxylation is 1. The van der Waals surface area contributed by atoms with Gasteiger partial charge < -0.3 is 5.11 Å². The minimum atomic E-state index is -1.01. The second-order valence-electron chi connectivity index (χ2n) is 3.86. The summed E-state index contributed by atoms with van der Waals surface area (Å²) >= 11 is 1.37. The number of hydrogen-bond donors (Lipinski definition) is 1. The number of benzene rings is 1. The average molecular weight is 270 g/mol. The van der Waals surface area contributed by atoms with E-state index >= 15 is 0 Å². The molecule has 0 radical (unpaired) electrons. The fourth-order valence-corrected chi connectivity index (χ4v) is 2.36. The number of aromatic carboxylic acids is 1. The van der Waals surface area contributed by atoms with Gasteiger partial charge in [-0.3, -0.25) is 0 Å². The first kappa shape index (κ1) is 13.0. The highest BCUT2D eigenvalue weighted by Gasteiger charge is 2.10. The number of carboxylic acids is 1. The van der Waals surface area contributed by atoms with Crippen LogP contribution in [0.4, 0.5) is 0 Å². The maximum Gasteiger partial charge on any atom is 0.336 e. The lowest BCUT2D eigenvalue weighted by Crippen LogP contribution is -1.99. The molecule has 0 aliphatic rings. The van der Waals surface area contributed by atoms with Crippen molar-refractivity contribution in [1.82, 2.24) is 4.98 Å². The number of aromatic nitrogens is 1. The molecule has 0 aliphatic heterocycles. The summed E-state index contributed by atoms with van der Waals surface area (Å²) < 4.78 is 0. The van der Waals surface area contributed by atoms with Crippen molar-refractivity contribution in [2.75, 3.05) is 0 Å². The zero-order chi connectivity index (χ0) is 13.8. The fraction of sp³-hybridized carbons (Fsp3) is 0.0714. The van der Waals surface area contributed by atoms with Crippen molar-refractivity contribution in [1.29, 1.82) is 5.26 Å². The number of nitriles is 1. The lowest BCUT2D eigenvalue weighted by atomic mass is 10.1. The van der Waals surface area contributed by atoms with Gasteiger partial charge in [0, 0.05) is 11.1 Å². The van der Waals surface area contributed by atoms with Crippen LogP contribution in [0.2, 0.25) is 0 Å². The Morgan fingerprint density at radius 1 is 1.47 bits per heavy atom. The van der Waals surface area contributed by atoms with E-state index in [1.165, 1.54) is 17.4 Å². The van der Waals surface area contributed by atoms with Crippen LogP contribution in [0, 0.1) is 18.3 Å². The van der Waals surface area contributed by atoms with Gasteiger partial charge in [0.1, 0.15) is 11.1 Å². The van der Waals surface area contributed by atoms with Crippen molar-refractivity contribution in [2.24, 2.45) is 0 Å². The smallest absolute Gasteiger partial charge is 0.336 e. The minimum Gasteiger partial charge on any atom is -0.478 e. The predicted octanol–water partition coefficient (Wildman–Crippen LogP) is 3.21. The average Bonchev–Trinajstić information content (AvgIpc) is 2.82. The van der Waals surface area contributed by atoms with E-state index in [4.69, 9.17) is 5.11 Å². The molecule has 0 saturated heterocycles. The van der Waals surface area contributed by atoms with Crippen molar-refractivity contribution in [3.63, 3.8) is 0 Å². The van der Waals surface area contributed by atoms with Gasteiger partial charge in [-0.05, 0) is 24.6 Å². The Balaban J connectivity index is 2.50. The molecule has 0 amide bonds.